The smallest absolute Gasteiger partial charge is 0.237 e. The number of sulfonamides is 1. The van der Waals surface area contributed by atoms with Gasteiger partial charge in [-0.25, -0.2) is 17.1 Å². The first-order chi connectivity index (χ1) is 10.3. The largest absolute Gasteiger partial charge is 0.323 e. The maximum atomic E-state index is 13.3. The van der Waals surface area contributed by atoms with E-state index in [1.165, 1.54) is 15.5 Å². The Morgan fingerprint density at radius 3 is 2.59 bits per heavy atom. The molecular weight excluding hydrogens is 311 g/mol. The summed E-state index contributed by atoms with van der Waals surface area (Å²) in [4.78, 5) is 13.3. The Balaban J connectivity index is 1.77. The van der Waals surface area contributed by atoms with Crippen LogP contribution in [0.2, 0.25) is 0 Å². The Kier molecular flexibility index (Phi) is 5.36. The molecule has 0 aromatic heterocycles. The number of carbonyl (C=O) groups is 1. The van der Waals surface area contributed by atoms with Gasteiger partial charge in [-0.3, -0.25) is 4.79 Å². The fourth-order valence-electron chi connectivity index (χ4n) is 2.91. The summed E-state index contributed by atoms with van der Waals surface area (Å²) in [6.45, 7) is 0.892. The lowest BCUT2D eigenvalue weighted by molar-refractivity contribution is -0.130. The van der Waals surface area contributed by atoms with E-state index in [1.807, 2.05) is 6.07 Å². The normalized spacial score (nSPS) is 27.8. The second-order valence-corrected chi connectivity index (χ2v) is 7.82. The highest BCUT2D eigenvalue weighted by Gasteiger charge is 2.35. The molecule has 1 amide bonds. The first kappa shape index (κ1) is 17.1. The van der Waals surface area contributed by atoms with Crippen molar-refractivity contribution in [1.29, 1.82) is 5.26 Å². The van der Waals surface area contributed by atoms with Crippen LogP contribution in [0.15, 0.2) is 0 Å². The number of piperidine rings is 1. The van der Waals surface area contributed by atoms with E-state index in [0.717, 1.165) is 0 Å². The van der Waals surface area contributed by atoms with Crippen LogP contribution in [0.5, 0.6) is 0 Å². The van der Waals surface area contributed by atoms with Gasteiger partial charge in [-0.05, 0) is 12.8 Å². The molecule has 0 saturated carbocycles. The van der Waals surface area contributed by atoms with E-state index < -0.39 is 22.2 Å². The molecule has 2 rings (SSSR count). The van der Waals surface area contributed by atoms with Gasteiger partial charge in [0.2, 0.25) is 15.9 Å². The maximum absolute atomic E-state index is 13.3. The van der Waals surface area contributed by atoms with Crippen molar-refractivity contribution in [2.75, 3.05) is 32.4 Å². The van der Waals surface area contributed by atoms with Crippen LogP contribution in [-0.2, 0) is 14.8 Å². The van der Waals surface area contributed by atoms with Gasteiger partial charge >= 0.3 is 0 Å². The summed E-state index contributed by atoms with van der Waals surface area (Å²) in [6, 6.07) is 1.33. The fraction of sp³-hybridized carbons (Fsp3) is 0.846. The van der Waals surface area contributed by atoms with Gasteiger partial charge in [0, 0.05) is 25.6 Å². The van der Waals surface area contributed by atoms with E-state index >= 15 is 0 Å². The zero-order valence-electron chi connectivity index (χ0n) is 12.5. The summed E-state index contributed by atoms with van der Waals surface area (Å²) < 4.78 is 37.5. The highest BCUT2D eigenvalue weighted by Crippen LogP contribution is 2.20. The molecule has 0 unspecified atom stereocenters. The maximum Gasteiger partial charge on any atom is 0.237 e. The topological polar surface area (TPSA) is 93.5 Å². The molecule has 0 aromatic carbocycles. The lowest BCUT2D eigenvalue weighted by atomic mass is 10.1. The molecule has 0 bridgehead atoms. The van der Waals surface area contributed by atoms with Crippen molar-refractivity contribution in [3.8, 4) is 6.07 Å². The zero-order chi connectivity index (χ0) is 16.3. The molecule has 2 saturated heterocycles. The first-order valence-corrected chi connectivity index (χ1v) is 9.17. The summed E-state index contributed by atoms with van der Waals surface area (Å²) in [7, 11) is -3.16. The molecule has 0 radical (unpaired) electrons. The summed E-state index contributed by atoms with van der Waals surface area (Å²) in [5.74, 6) is -0.280. The average Bonchev–Trinajstić information content (AvgIpc) is 2.85. The molecule has 9 heteroatoms. The highest BCUT2D eigenvalue weighted by atomic mass is 32.2. The van der Waals surface area contributed by atoms with Crippen molar-refractivity contribution in [3.05, 3.63) is 0 Å². The molecule has 2 heterocycles. The van der Waals surface area contributed by atoms with E-state index in [-0.39, 0.29) is 31.5 Å². The zero-order valence-corrected chi connectivity index (χ0v) is 13.4. The number of carbonyl (C=O) groups excluding carboxylic acids is 1. The number of nitrogens with zero attached hydrogens (tertiary/aromatic N) is 3. The number of amides is 1. The van der Waals surface area contributed by atoms with Gasteiger partial charge < -0.3 is 10.2 Å². The average molecular weight is 332 g/mol. The summed E-state index contributed by atoms with van der Waals surface area (Å²) in [6.07, 6.45) is 1.40. The van der Waals surface area contributed by atoms with Gasteiger partial charge in [0.25, 0.3) is 0 Å². The molecule has 2 fully saturated rings. The molecule has 2 aliphatic rings. The van der Waals surface area contributed by atoms with Gasteiger partial charge in [-0.15, -0.1) is 0 Å². The number of rotatable bonds is 4. The van der Waals surface area contributed by atoms with E-state index in [9.17, 15) is 17.6 Å². The van der Waals surface area contributed by atoms with Crippen LogP contribution in [0.25, 0.3) is 0 Å². The van der Waals surface area contributed by atoms with Crippen molar-refractivity contribution in [2.24, 2.45) is 0 Å². The molecule has 1 N–H and O–H groups in total. The van der Waals surface area contributed by atoms with Crippen molar-refractivity contribution in [1.82, 2.24) is 14.5 Å². The van der Waals surface area contributed by atoms with Crippen molar-refractivity contribution < 1.29 is 17.6 Å². The van der Waals surface area contributed by atoms with E-state index in [4.69, 9.17) is 5.26 Å². The number of likely N-dealkylation sites (tertiary alicyclic amines) is 1. The molecule has 2 aliphatic heterocycles. The molecule has 2 atom stereocenters. The molecular formula is C13H21FN4O3S. The molecule has 0 aliphatic carbocycles. The quantitative estimate of drug-likeness (QED) is 0.746. The Bertz CT molecular complexity index is 554. The number of nitriles is 1. The second-order valence-electron chi connectivity index (χ2n) is 5.84. The van der Waals surface area contributed by atoms with E-state index in [0.29, 0.717) is 25.9 Å². The minimum absolute atomic E-state index is 0.0226. The Morgan fingerprint density at radius 2 is 2.05 bits per heavy atom. The lowest BCUT2D eigenvalue weighted by Gasteiger charge is -2.31. The van der Waals surface area contributed by atoms with Gasteiger partial charge in [0.05, 0.1) is 25.4 Å². The monoisotopic (exact) mass is 332 g/mol. The summed E-state index contributed by atoms with van der Waals surface area (Å²) in [5.41, 5.74) is 0. The number of alkyl halides is 1. The first-order valence-electron chi connectivity index (χ1n) is 7.33. The van der Waals surface area contributed by atoms with Crippen molar-refractivity contribution >= 4 is 15.9 Å². The summed E-state index contributed by atoms with van der Waals surface area (Å²) in [5, 5.41) is 12.0. The SMILES string of the molecule is CS(=O)(=O)N1CCC(NCC(=O)N2C[C@@H](F)C[C@H]2C#N)CC1. The Hall–Kier alpha value is -1.24. The van der Waals surface area contributed by atoms with Crippen molar-refractivity contribution in [2.45, 2.75) is 37.5 Å². The summed E-state index contributed by atoms with van der Waals surface area (Å²) >= 11 is 0. The Morgan fingerprint density at radius 1 is 1.41 bits per heavy atom. The van der Waals surface area contributed by atoms with E-state index in [1.54, 1.807) is 0 Å². The molecule has 22 heavy (non-hydrogen) atoms. The predicted octanol–water partition coefficient (Wildman–Crippen LogP) is -0.537. The third-order valence-corrected chi connectivity index (χ3v) is 5.49. The highest BCUT2D eigenvalue weighted by molar-refractivity contribution is 7.88. The van der Waals surface area contributed by atoms with Crippen LogP contribution >= 0.6 is 0 Å². The van der Waals surface area contributed by atoms with Crippen LogP contribution < -0.4 is 5.32 Å². The Labute approximate surface area is 130 Å². The van der Waals surface area contributed by atoms with Gasteiger partial charge in [0.1, 0.15) is 12.2 Å². The third kappa shape index (κ3) is 4.15. The third-order valence-electron chi connectivity index (χ3n) is 4.18. The standard InChI is InChI=1S/C13H21FN4O3S/c1-22(20,21)17-4-2-11(3-5-17)16-8-13(19)18-9-10(14)6-12(18)7-15/h10-12,16H,2-6,8-9H2,1H3/t10-,12-/m0/s1. The molecule has 0 aromatic rings. The lowest BCUT2D eigenvalue weighted by Crippen LogP contribution is -2.48. The number of hydrogen-bond donors (Lipinski definition) is 1. The minimum atomic E-state index is -3.16. The van der Waals surface area contributed by atoms with Crippen LogP contribution in [0.1, 0.15) is 19.3 Å². The van der Waals surface area contributed by atoms with Crippen LogP contribution in [-0.4, -0.2) is 74.2 Å². The molecule has 7 nitrogen and oxygen atoms in total. The van der Waals surface area contributed by atoms with Crippen LogP contribution in [0.3, 0.4) is 0 Å². The number of hydrogen-bond acceptors (Lipinski definition) is 5. The molecule has 124 valence electrons. The van der Waals surface area contributed by atoms with Crippen molar-refractivity contribution in [3.63, 3.8) is 0 Å². The predicted molar refractivity (Wildman–Crippen MR) is 78.1 cm³/mol. The van der Waals surface area contributed by atoms with Crippen LogP contribution in [0, 0.1) is 11.3 Å². The van der Waals surface area contributed by atoms with Gasteiger partial charge in [-0.1, -0.05) is 0 Å². The van der Waals surface area contributed by atoms with E-state index in [2.05, 4.69) is 5.32 Å². The second kappa shape index (κ2) is 6.89. The fourth-order valence-corrected chi connectivity index (χ4v) is 3.78. The van der Waals surface area contributed by atoms with Crippen LogP contribution in [0.4, 0.5) is 4.39 Å². The minimum Gasteiger partial charge on any atom is -0.323 e. The molecule has 0 spiro atoms. The number of nitrogens with one attached hydrogen (secondary N) is 1. The van der Waals surface area contributed by atoms with Gasteiger partial charge in [0.15, 0.2) is 0 Å². The number of halogens is 1. The van der Waals surface area contributed by atoms with Gasteiger partial charge in [-0.2, -0.15) is 5.26 Å².